The third-order valence-electron chi connectivity index (χ3n) is 4.78. The van der Waals surface area contributed by atoms with Crippen molar-refractivity contribution in [3.63, 3.8) is 0 Å². The van der Waals surface area contributed by atoms with E-state index in [9.17, 15) is 18.4 Å². The van der Waals surface area contributed by atoms with E-state index in [-0.39, 0.29) is 23.1 Å². The molecule has 0 bridgehead atoms. The van der Waals surface area contributed by atoms with E-state index in [0.717, 1.165) is 23.0 Å². The Balaban J connectivity index is 1.27. The lowest BCUT2D eigenvalue weighted by atomic mass is 10.1. The zero-order valence-corrected chi connectivity index (χ0v) is 18.5. The lowest BCUT2D eigenvalue weighted by Gasteiger charge is -2.34. The largest absolute Gasteiger partial charge is 0.343 e. The molecule has 3 aromatic rings. The van der Waals surface area contributed by atoms with Crippen LogP contribution >= 0.6 is 23.1 Å². The maximum Gasteiger partial charge on any atom is 0.254 e. The molecule has 0 atom stereocenters. The Bertz CT molecular complexity index is 1100. The van der Waals surface area contributed by atoms with Crippen molar-refractivity contribution in [3.8, 4) is 0 Å². The molecule has 0 saturated carbocycles. The fourth-order valence-electron chi connectivity index (χ4n) is 3.15. The molecule has 0 aliphatic carbocycles. The van der Waals surface area contributed by atoms with Crippen LogP contribution in [0.4, 0.5) is 19.6 Å². The van der Waals surface area contributed by atoms with E-state index in [2.05, 4.69) is 15.5 Å². The van der Waals surface area contributed by atoms with Gasteiger partial charge in [-0.1, -0.05) is 41.3 Å². The second-order valence-corrected chi connectivity index (χ2v) is 9.14. The van der Waals surface area contributed by atoms with Gasteiger partial charge in [0.15, 0.2) is 16.0 Å². The summed E-state index contributed by atoms with van der Waals surface area (Å²) in [6.45, 7) is 1.95. The first kappa shape index (κ1) is 22.2. The molecule has 4 rings (SSSR count). The minimum atomic E-state index is -1.04. The van der Waals surface area contributed by atoms with Gasteiger partial charge in [-0.05, 0) is 30.3 Å². The number of thioether (sulfide) groups is 1. The first-order chi connectivity index (χ1) is 15.5. The first-order valence-electron chi connectivity index (χ1n) is 9.80. The van der Waals surface area contributed by atoms with Crippen molar-refractivity contribution in [2.24, 2.45) is 0 Å². The van der Waals surface area contributed by atoms with Gasteiger partial charge in [0, 0.05) is 37.4 Å². The van der Waals surface area contributed by atoms with Gasteiger partial charge in [-0.15, -0.1) is 10.2 Å². The van der Waals surface area contributed by atoms with Crippen molar-refractivity contribution >= 4 is 45.7 Å². The van der Waals surface area contributed by atoms with Crippen LogP contribution in [0.5, 0.6) is 0 Å². The normalized spacial score (nSPS) is 13.8. The lowest BCUT2D eigenvalue weighted by molar-refractivity contribution is -0.113. The van der Waals surface area contributed by atoms with Crippen molar-refractivity contribution < 1.29 is 18.4 Å². The summed E-state index contributed by atoms with van der Waals surface area (Å²) in [5.74, 6) is -2.25. The van der Waals surface area contributed by atoms with Gasteiger partial charge in [0.1, 0.15) is 0 Å². The number of hydrogen-bond acceptors (Lipinski definition) is 7. The van der Waals surface area contributed by atoms with Gasteiger partial charge in [-0.25, -0.2) is 8.78 Å². The number of nitrogens with one attached hydrogen (secondary N) is 1. The first-order valence-corrected chi connectivity index (χ1v) is 11.6. The second kappa shape index (κ2) is 10.0. The summed E-state index contributed by atoms with van der Waals surface area (Å²) < 4.78 is 27.2. The zero-order chi connectivity index (χ0) is 22.5. The fourth-order valence-corrected chi connectivity index (χ4v) is 4.84. The topological polar surface area (TPSA) is 78.4 Å². The number of hydrogen-bond donors (Lipinski definition) is 1. The van der Waals surface area contributed by atoms with Gasteiger partial charge in [0.2, 0.25) is 11.0 Å². The molecule has 2 amide bonds. The molecule has 2 heterocycles. The number of halogens is 2. The predicted molar refractivity (Wildman–Crippen MR) is 120 cm³/mol. The van der Waals surface area contributed by atoms with Gasteiger partial charge in [-0.2, -0.15) is 0 Å². The van der Waals surface area contributed by atoms with Crippen LogP contribution < -0.4 is 10.2 Å². The monoisotopic (exact) mass is 475 g/mol. The number of piperazine rings is 1. The Morgan fingerprint density at radius 1 is 1.00 bits per heavy atom. The van der Waals surface area contributed by atoms with Crippen molar-refractivity contribution in [2.45, 2.75) is 4.34 Å². The summed E-state index contributed by atoms with van der Waals surface area (Å²) in [7, 11) is 0. The molecule has 11 heteroatoms. The second-order valence-electron chi connectivity index (χ2n) is 6.96. The Morgan fingerprint density at radius 3 is 2.47 bits per heavy atom. The fraction of sp³-hybridized carbons (Fsp3) is 0.238. The molecular formula is C21H19F2N5O2S2. The summed E-state index contributed by atoms with van der Waals surface area (Å²) in [6, 6.07) is 12.4. The quantitative estimate of drug-likeness (QED) is 0.550. The van der Waals surface area contributed by atoms with Crippen LogP contribution in [0.1, 0.15) is 10.4 Å². The van der Waals surface area contributed by atoms with E-state index >= 15 is 0 Å². The molecule has 0 spiro atoms. The number of carbonyl (C=O) groups excluding carboxylic acids is 2. The number of para-hydroxylation sites is 1. The van der Waals surface area contributed by atoms with E-state index in [1.165, 1.54) is 29.2 Å². The summed E-state index contributed by atoms with van der Waals surface area (Å²) in [4.78, 5) is 28.2. The van der Waals surface area contributed by atoms with Gasteiger partial charge in [0.25, 0.3) is 5.91 Å². The third kappa shape index (κ3) is 5.40. The predicted octanol–water partition coefficient (Wildman–Crippen LogP) is 3.51. The molecule has 1 aliphatic rings. The van der Waals surface area contributed by atoms with Gasteiger partial charge < -0.3 is 15.1 Å². The van der Waals surface area contributed by atoms with Gasteiger partial charge >= 0.3 is 0 Å². The maximum atomic E-state index is 13.4. The van der Waals surface area contributed by atoms with Crippen molar-refractivity contribution in [2.75, 3.05) is 42.1 Å². The molecule has 0 unspecified atom stereocenters. The van der Waals surface area contributed by atoms with Crippen molar-refractivity contribution in [1.29, 1.82) is 0 Å². The van der Waals surface area contributed by atoms with Crippen LogP contribution in [0.15, 0.2) is 52.9 Å². The van der Waals surface area contributed by atoms with E-state index < -0.39 is 11.6 Å². The van der Waals surface area contributed by atoms with Gasteiger partial charge in [-0.3, -0.25) is 9.59 Å². The van der Waals surface area contributed by atoms with Crippen LogP contribution in [0.25, 0.3) is 0 Å². The summed E-state index contributed by atoms with van der Waals surface area (Å²) in [5.41, 5.74) is 0.868. The maximum absolute atomic E-state index is 13.4. The molecule has 0 radical (unpaired) electrons. The Hall–Kier alpha value is -3.05. The number of aromatic nitrogens is 2. The van der Waals surface area contributed by atoms with Crippen LogP contribution in [0.2, 0.25) is 0 Å². The minimum absolute atomic E-state index is 0.123. The number of carbonyl (C=O) groups is 2. The highest BCUT2D eigenvalue weighted by molar-refractivity contribution is 8.01. The van der Waals surface area contributed by atoms with Crippen LogP contribution in [0, 0.1) is 11.6 Å². The molecule has 2 aromatic carbocycles. The lowest BCUT2D eigenvalue weighted by Crippen LogP contribution is -2.48. The van der Waals surface area contributed by atoms with Crippen LogP contribution in [0.3, 0.4) is 0 Å². The molecular weight excluding hydrogens is 456 g/mol. The molecule has 1 fully saturated rings. The summed E-state index contributed by atoms with van der Waals surface area (Å²) in [5, 5.41) is 11.9. The third-order valence-corrected chi connectivity index (χ3v) is 6.90. The molecule has 1 N–H and O–H groups in total. The highest BCUT2D eigenvalue weighted by Crippen LogP contribution is 2.29. The number of anilines is 2. The molecule has 1 saturated heterocycles. The molecule has 166 valence electrons. The molecule has 32 heavy (non-hydrogen) atoms. The number of amides is 2. The minimum Gasteiger partial charge on any atom is -0.343 e. The van der Waals surface area contributed by atoms with Crippen molar-refractivity contribution in [1.82, 2.24) is 15.1 Å². The standard InChI is InChI=1S/C21H19F2N5O2S2/c22-16-7-6-14(12-17(16)23)19(30)27-8-10-28(11-9-27)20-25-26-21(32-20)31-13-18(29)24-15-4-2-1-3-5-15/h1-7,12H,8-11,13H2,(H,24,29). The van der Waals surface area contributed by atoms with Crippen molar-refractivity contribution in [3.05, 3.63) is 65.7 Å². The van der Waals surface area contributed by atoms with E-state index in [1.54, 1.807) is 4.90 Å². The Kier molecular flexibility index (Phi) is 6.96. The van der Waals surface area contributed by atoms with E-state index in [0.29, 0.717) is 30.5 Å². The van der Waals surface area contributed by atoms with E-state index in [1.807, 2.05) is 35.2 Å². The van der Waals surface area contributed by atoms with Gasteiger partial charge in [0.05, 0.1) is 5.75 Å². The van der Waals surface area contributed by atoms with Crippen LogP contribution in [-0.2, 0) is 4.79 Å². The highest BCUT2D eigenvalue weighted by atomic mass is 32.2. The van der Waals surface area contributed by atoms with Crippen LogP contribution in [-0.4, -0.2) is 58.8 Å². The Morgan fingerprint density at radius 2 is 1.75 bits per heavy atom. The summed E-state index contributed by atoms with van der Waals surface area (Å²) >= 11 is 2.70. The van der Waals surface area contributed by atoms with E-state index in [4.69, 9.17) is 0 Å². The highest BCUT2D eigenvalue weighted by Gasteiger charge is 2.25. The number of benzene rings is 2. The molecule has 1 aliphatic heterocycles. The average Bonchev–Trinajstić information content (AvgIpc) is 3.29. The molecule has 1 aromatic heterocycles. The smallest absolute Gasteiger partial charge is 0.254 e. The Labute approximate surface area is 191 Å². The zero-order valence-electron chi connectivity index (χ0n) is 16.8. The number of nitrogens with zero attached hydrogens (tertiary/aromatic N) is 4. The SMILES string of the molecule is O=C(CSc1nnc(N2CCN(C(=O)c3ccc(F)c(F)c3)CC2)s1)Nc1ccccc1. The average molecular weight is 476 g/mol. The number of rotatable bonds is 6. The summed E-state index contributed by atoms with van der Waals surface area (Å²) in [6.07, 6.45) is 0. The molecule has 7 nitrogen and oxygen atoms in total.